The molecule has 0 radical (unpaired) electrons. The number of hydrogen-bond donors (Lipinski definition) is 1. The summed E-state index contributed by atoms with van der Waals surface area (Å²) in [6, 6.07) is 45.8. The number of methoxy groups -OCH3 is 3. The Labute approximate surface area is 445 Å². The van der Waals surface area contributed by atoms with Crippen LogP contribution in [-0.4, -0.2) is 96.6 Å². The molecule has 2 amide bonds. The first-order valence-electron chi connectivity index (χ1n) is 24.4. The molecular weight excluding hydrogens is 989 g/mol. The summed E-state index contributed by atoms with van der Waals surface area (Å²) in [4.78, 5) is 60.8. The van der Waals surface area contributed by atoms with Crippen LogP contribution in [0.5, 0.6) is 34.5 Å². The predicted molar refractivity (Wildman–Crippen MR) is 283 cm³/mol. The topological polar surface area (TPSA) is 212 Å². The average Bonchev–Trinajstić information content (AvgIpc) is 4.16. The van der Waals surface area contributed by atoms with Gasteiger partial charge in [0.05, 0.1) is 58.0 Å². The Bertz CT molecular complexity index is 3110. The molecule has 2 aromatic heterocycles. The van der Waals surface area contributed by atoms with Crippen LogP contribution in [0.4, 0.5) is 9.59 Å². The molecule has 2 heterocycles. The van der Waals surface area contributed by atoms with Crippen molar-refractivity contribution in [3.63, 3.8) is 0 Å². The molecule has 398 valence electrons. The summed E-state index contributed by atoms with van der Waals surface area (Å²) in [6.45, 7) is 3.57. The SMILES string of the molecule is COC(=O)CN(C(=O)Oc1ccc(OC)cc1)[C@@H](C)c1ccc(OCCc2coc(-c3ccccc3)n2)cc1.COc1ccc(OC(=O)N(CC(=O)O)[C@@H](C)c2ccc(OCCc3coc(-c4ccccc4)n3)cc2)cc1. The van der Waals surface area contributed by atoms with Gasteiger partial charge in [0, 0.05) is 24.0 Å². The summed E-state index contributed by atoms with van der Waals surface area (Å²) in [5.74, 6) is 2.59. The highest BCUT2D eigenvalue weighted by Crippen LogP contribution is 2.28. The van der Waals surface area contributed by atoms with Gasteiger partial charge >= 0.3 is 24.1 Å². The van der Waals surface area contributed by atoms with Crippen molar-refractivity contribution in [2.75, 3.05) is 47.6 Å². The number of carboxylic acid groups (broad SMARTS) is 1. The van der Waals surface area contributed by atoms with Crippen LogP contribution in [0.1, 0.15) is 48.4 Å². The number of rotatable bonds is 22. The molecule has 0 bridgehead atoms. The van der Waals surface area contributed by atoms with Crippen molar-refractivity contribution < 1.29 is 66.3 Å². The van der Waals surface area contributed by atoms with Gasteiger partial charge in [0.25, 0.3) is 0 Å². The number of carbonyl (C=O) groups excluding carboxylic acids is 3. The van der Waals surface area contributed by atoms with E-state index in [2.05, 4.69) is 9.97 Å². The second kappa shape index (κ2) is 27.6. The molecule has 0 spiro atoms. The van der Waals surface area contributed by atoms with E-state index in [1.165, 1.54) is 19.1 Å². The molecule has 6 aromatic carbocycles. The summed E-state index contributed by atoms with van der Waals surface area (Å²) in [5, 5.41) is 9.37. The fraction of sp³-hybridized carbons (Fsp3) is 0.220. The molecule has 18 nitrogen and oxygen atoms in total. The zero-order valence-electron chi connectivity index (χ0n) is 43.1. The number of hydrogen-bond acceptors (Lipinski definition) is 15. The van der Waals surface area contributed by atoms with E-state index in [0.717, 1.165) is 38.5 Å². The highest BCUT2D eigenvalue weighted by Gasteiger charge is 2.28. The Balaban J connectivity index is 0.000000224. The number of benzene rings is 6. The average molecular weight is 1050 g/mol. The smallest absolute Gasteiger partial charge is 0.416 e. The highest BCUT2D eigenvalue weighted by atomic mass is 16.6. The third-order valence-electron chi connectivity index (χ3n) is 11.9. The van der Waals surface area contributed by atoms with Crippen molar-refractivity contribution in [2.24, 2.45) is 0 Å². The monoisotopic (exact) mass is 1050 g/mol. The van der Waals surface area contributed by atoms with E-state index in [0.29, 0.717) is 66.6 Å². The number of carbonyl (C=O) groups is 4. The molecule has 0 saturated carbocycles. The molecule has 8 aromatic rings. The molecule has 0 aliphatic rings. The zero-order valence-corrected chi connectivity index (χ0v) is 43.1. The Morgan fingerprint density at radius 1 is 0.494 bits per heavy atom. The highest BCUT2D eigenvalue weighted by molar-refractivity contribution is 5.80. The van der Waals surface area contributed by atoms with Gasteiger partial charge in [-0.2, -0.15) is 0 Å². The molecule has 8 rings (SSSR count). The fourth-order valence-electron chi connectivity index (χ4n) is 7.54. The predicted octanol–water partition coefficient (Wildman–Crippen LogP) is 11.3. The Kier molecular flexibility index (Phi) is 19.8. The molecule has 0 unspecified atom stereocenters. The van der Waals surface area contributed by atoms with Crippen LogP contribution in [0, 0.1) is 0 Å². The summed E-state index contributed by atoms with van der Waals surface area (Å²) < 4.78 is 48.8. The number of carboxylic acids is 1. The lowest BCUT2D eigenvalue weighted by molar-refractivity contribution is -0.142. The van der Waals surface area contributed by atoms with Gasteiger partial charge in [0.2, 0.25) is 11.8 Å². The van der Waals surface area contributed by atoms with E-state index < -0.39 is 42.8 Å². The lowest BCUT2D eigenvalue weighted by Gasteiger charge is -2.27. The molecule has 0 saturated heterocycles. The summed E-state index contributed by atoms with van der Waals surface area (Å²) >= 11 is 0. The van der Waals surface area contributed by atoms with Crippen molar-refractivity contribution >= 4 is 24.1 Å². The van der Waals surface area contributed by atoms with E-state index in [1.54, 1.807) is 99.4 Å². The second-order valence-corrected chi connectivity index (χ2v) is 17.0. The molecule has 0 aliphatic carbocycles. The van der Waals surface area contributed by atoms with Crippen molar-refractivity contribution in [3.8, 4) is 57.4 Å². The maximum atomic E-state index is 13.0. The van der Waals surface area contributed by atoms with E-state index in [9.17, 15) is 24.3 Å². The van der Waals surface area contributed by atoms with Crippen LogP contribution in [0.15, 0.2) is 179 Å². The minimum Gasteiger partial charge on any atom is -0.497 e. The molecule has 0 aliphatic heterocycles. The van der Waals surface area contributed by atoms with Crippen molar-refractivity contribution in [2.45, 2.75) is 38.8 Å². The second-order valence-electron chi connectivity index (χ2n) is 17.0. The van der Waals surface area contributed by atoms with E-state index >= 15 is 0 Å². The largest absolute Gasteiger partial charge is 0.497 e. The van der Waals surface area contributed by atoms with E-state index in [1.807, 2.05) is 91.9 Å². The first-order chi connectivity index (χ1) is 37.4. The van der Waals surface area contributed by atoms with Crippen LogP contribution >= 0.6 is 0 Å². The van der Waals surface area contributed by atoms with Crippen molar-refractivity contribution in [1.29, 1.82) is 0 Å². The number of aliphatic carboxylic acids is 1. The third kappa shape index (κ3) is 16.2. The van der Waals surface area contributed by atoms with Gasteiger partial charge in [-0.15, -0.1) is 0 Å². The standard InChI is InChI=1S/C30H30N2O7.C29H28N2O7/c1-21(32(19-28(33)36-3)30(34)39-27-15-13-25(35-2)14-16-27)22-9-11-26(12-10-22)37-18-17-24-20-38-29(31-24)23-7-5-4-6-8-23;1-20(31(18-27(32)33)29(34)38-26-14-12-24(35-2)13-15-26)21-8-10-25(11-9-21)36-17-16-23-19-37-28(30-23)22-6-4-3-5-7-22/h4-16,20-21H,17-19H2,1-3H3;3-15,19-20H,16-18H2,1-2H3,(H,32,33)/t21-;20-/m00/s1. The van der Waals surface area contributed by atoms with Gasteiger partial charge in [0.15, 0.2) is 0 Å². The lowest BCUT2D eigenvalue weighted by atomic mass is 10.1. The minimum absolute atomic E-state index is 0.270. The molecule has 77 heavy (non-hydrogen) atoms. The van der Waals surface area contributed by atoms with Crippen LogP contribution in [0.25, 0.3) is 22.9 Å². The summed E-state index contributed by atoms with van der Waals surface area (Å²) in [6.07, 6.45) is 2.96. The molecule has 18 heteroatoms. The maximum Gasteiger partial charge on any atom is 0.416 e. The number of amides is 2. The van der Waals surface area contributed by atoms with Gasteiger partial charge in [-0.05, 0) is 122 Å². The Hall–Kier alpha value is -9.58. The molecule has 1 N–H and O–H groups in total. The third-order valence-corrected chi connectivity index (χ3v) is 11.9. The molecule has 2 atom stereocenters. The maximum absolute atomic E-state index is 13.0. The first kappa shape index (κ1) is 55.2. The van der Waals surface area contributed by atoms with Crippen LogP contribution < -0.4 is 28.4 Å². The van der Waals surface area contributed by atoms with Crippen LogP contribution in [0.3, 0.4) is 0 Å². The summed E-state index contributed by atoms with van der Waals surface area (Å²) in [5.41, 5.74) is 4.94. The fourth-order valence-corrected chi connectivity index (χ4v) is 7.54. The minimum atomic E-state index is -1.15. The first-order valence-corrected chi connectivity index (χ1v) is 24.4. The summed E-state index contributed by atoms with van der Waals surface area (Å²) in [7, 11) is 4.36. The zero-order chi connectivity index (χ0) is 54.5. The number of nitrogens with zero attached hydrogens (tertiary/aromatic N) is 4. The van der Waals surface area contributed by atoms with E-state index in [4.69, 9.17) is 42.0 Å². The van der Waals surface area contributed by atoms with Crippen LogP contribution in [-0.2, 0) is 27.2 Å². The van der Waals surface area contributed by atoms with Gasteiger partial charge < -0.3 is 47.1 Å². The van der Waals surface area contributed by atoms with Gasteiger partial charge in [-0.3, -0.25) is 19.4 Å². The normalized spacial score (nSPS) is 11.4. The number of ether oxygens (including phenoxy) is 7. The number of esters is 1. The quantitative estimate of drug-likeness (QED) is 0.0625. The van der Waals surface area contributed by atoms with Crippen LogP contribution in [0.2, 0.25) is 0 Å². The van der Waals surface area contributed by atoms with E-state index in [-0.39, 0.29) is 12.3 Å². The molecular formula is C59H58N4O14. The lowest BCUT2D eigenvalue weighted by Crippen LogP contribution is -2.40. The Morgan fingerprint density at radius 2 is 0.857 bits per heavy atom. The van der Waals surface area contributed by atoms with Crippen molar-refractivity contribution in [1.82, 2.24) is 19.8 Å². The van der Waals surface area contributed by atoms with Gasteiger partial charge in [0.1, 0.15) is 60.1 Å². The molecule has 0 fully saturated rings. The number of aromatic nitrogens is 2. The Morgan fingerprint density at radius 3 is 1.22 bits per heavy atom. The van der Waals surface area contributed by atoms with Crippen molar-refractivity contribution in [3.05, 3.63) is 193 Å². The van der Waals surface area contributed by atoms with Gasteiger partial charge in [-0.1, -0.05) is 60.7 Å². The van der Waals surface area contributed by atoms with Gasteiger partial charge in [-0.25, -0.2) is 19.6 Å². The number of oxazole rings is 2.